The van der Waals surface area contributed by atoms with E-state index in [-0.39, 0.29) is 49.8 Å². The predicted molar refractivity (Wildman–Crippen MR) is 170 cm³/mol. The van der Waals surface area contributed by atoms with Crippen molar-refractivity contribution >= 4 is 40.4 Å². The Hall–Kier alpha value is -5.16. The van der Waals surface area contributed by atoms with E-state index in [0.717, 1.165) is 16.5 Å². The van der Waals surface area contributed by atoms with Gasteiger partial charge in [0, 0.05) is 6.76 Å². The number of methoxy groups -OCH3 is 2. The molecule has 0 bridgehead atoms. The largest absolute Gasteiger partial charge is 0.508 e. The minimum atomic E-state index is -0.392. The quantitative estimate of drug-likeness (QED) is 0.0794. The van der Waals surface area contributed by atoms with E-state index in [1.165, 1.54) is 44.6 Å². The van der Waals surface area contributed by atoms with Crippen LogP contribution < -0.4 is 4.74 Å². The second-order valence-corrected chi connectivity index (χ2v) is 9.06. The minimum Gasteiger partial charge on any atom is -0.508 e. The van der Waals surface area contributed by atoms with Gasteiger partial charge in [0.25, 0.3) is 0 Å². The summed E-state index contributed by atoms with van der Waals surface area (Å²) in [6.45, 7) is 0.282. The molecular formula is C33H35BrO10. The van der Waals surface area contributed by atoms with E-state index in [0.29, 0.717) is 29.4 Å². The molecule has 0 heterocycles. The Labute approximate surface area is 265 Å². The van der Waals surface area contributed by atoms with Gasteiger partial charge in [-0.25, -0.2) is 9.59 Å². The van der Waals surface area contributed by atoms with Crippen LogP contribution in [0.4, 0.5) is 0 Å². The third-order valence-corrected chi connectivity index (χ3v) is 6.22. The van der Waals surface area contributed by atoms with E-state index >= 15 is 0 Å². The van der Waals surface area contributed by atoms with E-state index in [2.05, 4.69) is 25.4 Å². The summed E-state index contributed by atoms with van der Waals surface area (Å²) in [6, 6.07) is 22.3. The molecule has 4 aromatic rings. The Bertz CT molecular complexity index is 1520. The molecule has 10 nitrogen and oxygen atoms in total. The van der Waals surface area contributed by atoms with Gasteiger partial charge in [-0.3, -0.25) is 9.59 Å². The average molecular weight is 673 g/mol. The molecule has 44 heavy (non-hydrogen) atoms. The number of aldehydes is 2. The van der Waals surface area contributed by atoms with Crippen LogP contribution in [0, 0.1) is 0 Å². The molecule has 0 aliphatic carbocycles. The number of rotatable bonds is 8. The first-order valence-electron chi connectivity index (χ1n) is 12.4. The summed E-state index contributed by atoms with van der Waals surface area (Å²) in [5.74, 6) is -0.438. The van der Waals surface area contributed by atoms with Crippen molar-refractivity contribution in [1.82, 2.24) is 0 Å². The number of hydrogen-bond acceptors (Lipinski definition) is 10. The molecule has 4 aromatic carbocycles. The highest BCUT2D eigenvalue weighted by Crippen LogP contribution is 2.22. The molecule has 0 saturated heterocycles. The summed E-state index contributed by atoms with van der Waals surface area (Å²) < 4.78 is 14.7. The van der Waals surface area contributed by atoms with Crippen molar-refractivity contribution in [3.8, 4) is 23.0 Å². The molecule has 11 heteroatoms. The van der Waals surface area contributed by atoms with Crippen molar-refractivity contribution in [2.45, 2.75) is 19.4 Å². The second kappa shape index (κ2) is 19.1. The highest BCUT2D eigenvalue weighted by atomic mass is 79.9. The van der Waals surface area contributed by atoms with E-state index < -0.39 is 5.97 Å². The maximum atomic E-state index is 11.3. The zero-order chi connectivity index (χ0) is 31.8. The number of carbonyl (C=O) groups is 4. The first-order valence-corrected chi connectivity index (χ1v) is 13.6. The second-order valence-electron chi connectivity index (χ2n) is 8.50. The number of phenols is 3. The summed E-state index contributed by atoms with van der Waals surface area (Å²) >= 11 is 3.32. The highest BCUT2D eigenvalue weighted by Gasteiger charge is 2.06. The van der Waals surface area contributed by atoms with Gasteiger partial charge in [0.05, 0.1) is 36.5 Å². The molecular weight excluding hydrogens is 636 g/mol. The topological polar surface area (TPSA) is 157 Å². The molecule has 0 radical (unpaired) electrons. The monoisotopic (exact) mass is 671 g/mol. The molecule has 0 amide bonds. The summed E-state index contributed by atoms with van der Waals surface area (Å²) in [7, 11) is 2.70. The molecule has 0 saturated carbocycles. The molecule has 4 rings (SSSR count). The Kier molecular flexibility index (Phi) is 16.0. The number of halogens is 1. The van der Waals surface area contributed by atoms with Crippen LogP contribution in [0.15, 0.2) is 84.9 Å². The minimum absolute atomic E-state index is 0. The predicted octanol–water partition coefficient (Wildman–Crippen LogP) is 6.73. The standard InChI is InChI=1S/C16H14O5.C9H9BrO2.C7H6O3.CH4.H2/c1-20-16(19)12-4-2-11(3-5-12)10-21-14-6-7-15(18)13(8-14)9-17;1-12-9(11)8-4-2-7(6-10)3-5-8;8-4-5-3-6(9)1-2-7(5)10;;/h2-9,18H,10H2,1H3;2-5H,6H2,1H3;1-4,9-10H;1H4;1H/i;;;;1+1. The van der Waals surface area contributed by atoms with Crippen molar-refractivity contribution < 1.29 is 50.1 Å². The first kappa shape index (κ1) is 36.9. The van der Waals surface area contributed by atoms with Crippen LogP contribution in [-0.4, -0.2) is 54.1 Å². The van der Waals surface area contributed by atoms with Crippen molar-refractivity contribution in [2.24, 2.45) is 0 Å². The Balaban J connectivity index is 0.000000689. The highest BCUT2D eigenvalue weighted by molar-refractivity contribution is 9.08. The number of esters is 2. The molecule has 0 aliphatic rings. The van der Waals surface area contributed by atoms with Gasteiger partial charge in [-0.15, -0.1) is 0 Å². The Morgan fingerprint density at radius 2 is 1.16 bits per heavy atom. The van der Waals surface area contributed by atoms with Crippen molar-refractivity contribution in [1.29, 1.82) is 0 Å². The van der Waals surface area contributed by atoms with E-state index in [1.807, 2.05) is 12.1 Å². The van der Waals surface area contributed by atoms with Crippen LogP contribution in [-0.2, 0) is 21.4 Å². The summed E-state index contributed by atoms with van der Waals surface area (Å²) in [4.78, 5) is 43.1. The molecule has 0 aromatic heterocycles. The number of alkyl halides is 1. The Morgan fingerprint density at radius 1 is 0.705 bits per heavy atom. The fraction of sp³-hybridized carbons (Fsp3) is 0.152. The van der Waals surface area contributed by atoms with E-state index in [4.69, 9.17) is 14.9 Å². The number of carbonyl (C=O) groups excluding carboxylic acids is 4. The molecule has 0 atom stereocenters. The SMILES string of the molecule is C.COC(=O)c1ccc(CBr)cc1.COC(=O)c1ccc(COc2ccc(O)c(C=O)c2)cc1.O=Cc1cc(O)ccc1O.[2HH]. The molecule has 0 unspecified atom stereocenters. The van der Waals surface area contributed by atoms with E-state index in [1.54, 1.807) is 42.5 Å². The van der Waals surface area contributed by atoms with Crippen molar-refractivity contribution in [3.05, 3.63) is 118 Å². The Morgan fingerprint density at radius 3 is 1.59 bits per heavy atom. The molecule has 234 valence electrons. The number of aromatic hydroxyl groups is 3. The molecule has 0 aliphatic heterocycles. The lowest BCUT2D eigenvalue weighted by atomic mass is 10.1. The maximum absolute atomic E-state index is 11.3. The van der Waals surface area contributed by atoms with E-state index in [9.17, 15) is 24.3 Å². The average Bonchev–Trinajstić information content (AvgIpc) is 3.05. The fourth-order valence-corrected chi connectivity index (χ4v) is 3.60. The van der Waals surface area contributed by atoms with Crippen molar-refractivity contribution in [2.75, 3.05) is 14.2 Å². The van der Waals surface area contributed by atoms with Gasteiger partial charge >= 0.3 is 11.9 Å². The molecule has 0 fully saturated rings. The van der Waals surface area contributed by atoms with Crippen LogP contribution in [0.2, 0.25) is 0 Å². The van der Waals surface area contributed by atoms with Gasteiger partial charge < -0.3 is 29.5 Å². The number of benzene rings is 4. The number of phenolic OH excluding ortho intramolecular Hbond substituents is 3. The fourth-order valence-electron chi connectivity index (χ4n) is 3.22. The third kappa shape index (κ3) is 11.6. The summed E-state index contributed by atoms with van der Waals surface area (Å²) in [5, 5.41) is 27.9. The lowest BCUT2D eigenvalue weighted by Crippen LogP contribution is -2.02. The van der Waals surface area contributed by atoms with Crippen LogP contribution in [0.5, 0.6) is 23.0 Å². The zero-order valence-electron chi connectivity index (χ0n) is 23.2. The summed E-state index contributed by atoms with van der Waals surface area (Å²) in [5.41, 5.74) is 3.33. The maximum Gasteiger partial charge on any atom is 0.337 e. The normalized spacial score (nSPS) is 9.43. The molecule has 0 spiro atoms. The smallest absolute Gasteiger partial charge is 0.337 e. The number of ether oxygens (including phenoxy) is 3. The van der Waals surface area contributed by atoms with Gasteiger partial charge in [0.1, 0.15) is 29.6 Å². The van der Waals surface area contributed by atoms with Gasteiger partial charge in [-0.05, 0) is 71.8 Å². The number of hydrogen-bond donors (Lipinski definition) is 3. The van der Waals surface area contributed by atoms with Gasteiger partial charge in [-0.1, -0.05) is 47.6 Å². The third-order valence-electron chi connectivity index (χ3n) is 5.57. The lowest BCUT2D eigenvalue weighted by Gasteiger charge is -2.08. The van der Waals surface area contributed by atoms with Crippen molar-refractivity contribution in [3.63, 3.8) is 0 Å². The lowest BCUT2D eigenvalue weighted by molar-refractivity contribution is 0.0592. The van der Waals surface area contributed by atoms with Crippen LogP contribution in [0.3, 0.4) is 0 Å². The molecule has 3 N–H and O–H groups in total. The van der Waals surface area contributed by atoms with Gasteiger partial charge in [0.15, 0.2) is 12.6 Å². The van der Waals surface area contributed by atoms with Crippen LogP contribution in [0.25, 0.3) is 0 Å². The van der Waals surface area contributed by atoms with Crippen LogP contribution in [0.1, 0.15) is 61.4 Å². The van der Waals surface area contributed by atoms with Gasteiger partial charge in [-0.2, -0.15) is 0 Å². The summed E-state index contributed by atoms with van der Waals surface area (Å²) in [6.07, 6.45) is 1.04. The van der Waals surface area contributed by atoms with Crippen LogP contribution >= 0.6 is 15.9 Å². The first-order chi connectivity index (χ1) is 20.6. The van der Waals surface area contributed by atoms with Gasteiger partial charge in [0.2, 0.25) is 0 Å². The zero-order valence-corrected chi connectivity index (χ0v) is 24.8.